The number of piperazine rings is 1. The van der Waals surface area contributed by atoms with Crippen LogP contribution in [0, 0.1) is 5.92 Å². The van der Waals surface area contributed by atoms with Gasteiger partial charge in [0.25, 0.3) is 11.8 Å². The molecule has 2 saturated heterocycles. The largest absolute Gasteiger partial charge is 0.377 e. The normalized spacial score (nSPS) is 23.8. The van der Waals surface area contributed by atoms with Crippen LogP contribution < -0.4 is 0 Å². The van der Waals surface area contributed by atoms with Crippen LogP contribution in [-0.2, 0) is 9.53 Å². The average Bonchev–Trinajstić information content (AvgIpc) is 3.31. The minimum Gasteiger partial charge on any atom is -0.377 e. The molecule has 156 valence electrons. The maximum atomic E-state index is 13.4. The lowest BCUT2D eigenvalue weighted by Crippen LogP contribution is -2.58. The van der Waals surface area contributed by atoms with Gasteiger partial charge in [-0.15, -0.1) is 0 Å². The van der Waals surface area contributed by atoms with Gasteiger partial charge in [-0.3, -0.25) is 24.2 Å². The van der Waals surface area contributed by atoms with Gasteiger partial charge in [0.2, 0.25) is 5.91 Å². The Labute approximate surface area is 171 Å². The number of carbonyl (C=O) groups excluding carboxylic acids is 3. The summed E-state index contributed by atoms with van der Waals surface area (Å²) in [6.07, 6.45) is 2.53. The molecule has 3 aliphatic heterocycles. The first-order valence-corrected chi connectivity index (χ1v) is 10.6. The monoisotopic (exact) mass is 399 g/mol. The summed E-state index contributed by atoms with van der Waals surface area (Å²) >= 11 is 0. The Morgan fingerprint density at radius 2 is 1.69 bits per heavy atom. The van der Waals surface area contributed by atoms with Crippen molar-refractivity contribution in [3.8, 4) is 0 Å². The zero-order chi connectivity index (χ0) is 20.5. The molecule has 2 atom stereocenters. The van der Waals surface area contributed by atoms with Gasteiger partial charge >= 0.3 is 0 Å². The second-order valence-electron chi connectivity index (χ2n) is 8.48. The lowest BCUT2D eigenvalue weighted by molar-refractivity contribution is -0.138. The fraction of sp³-hybridized carbons (Fsp3) is 0.591. The standard InChI is InChI=1S/C22H29N3O4/c1-15(2)19(25-20(26)17-7-3-4-8-18(17)21(25)27)22(28)24-11-9-23(10-12-24)14-16-6-5-13-29-16/h3-4,7-8,15-16,19H,5-6,9-14H2,1-2H3. The minimum atomic E-state index is -0.771. The van der Waals surface area contributed by atoms with Gasteiger partial charge < -0.3 is 9.64 Å². The Morgan fingerprint density at radius 3 is 2.21 bits per heavy atom. The van der Waals surface area contributed by atoms with Crippen LogP contribution in [0.15, 0.2) is 24.3 Å². The molecule has 3 amide bonds. The molecule has 0 aliphatic carbocycles. The predicted molar refractivity (Wildman–Crippen MR) is 108 cm³/mol. The molecule has 2 unspecified atom stereocenters. The number of imide groups is 1. The lowest BCUT2D eigenvalue weighted by Gasteiger charge is -2.39. The summed E-state index contributed by atoms with van der Waals surface area (Å²) in [5.74, 6) is -1.02. The summed E-state index contributed by atoms with van der Waals surface area (Å²) in [4.78, 5) is 44.5. The molecular weight excluding hydrogens is 370 g/mol. The molecular formula is C22H29N3O4. The predicted octanol–water partition coefficient (Wildman–Crippen LogP) is 1.63. The van der Waals surface area contributed by atoms with E-state index < -0.39 is 6.04 Å². The molecule has 2 fully saturated rings. The molecule has 0 radical (unpaired) electrons. The van der Waals surface area contributed by atoms with E-state index in [0.29, 0.717) is 30.3 Å². The highest BCUT2D eigenvalue weighted by Crippen LogP contribution is 2.28. The minimum absolute atomic E-state index is 0.133. The van der Waals surface area contributed by atoms with E-state index in [4.69, 9.17) is 4.74 Å². The molecule has 7 nitrogen and oxygen atoms in total. The van der Waals surface area contributed by atoms with Gasteiger partial charge in [-0.2, -0.15) is 0 Å². The van der Waals surface area contributed by atoms with Crippen molar-refractivity contribution in [2.75, 3.05) is 39.3 Å². The van der Waals surface area contributed by atoms with Crippen LogP contribution in [0.25, 0.3) is 0 Å². The highest BCUT2D eigenvalue weighted by molar-refractivity contribution is 6.22. The summed E-state index contributed by atoms with van der Waals surface area (Å²) in [5, 5.41) is 0. The molecule has 0 spiro atoms. The smallest absolute Gasteiger partial charge is 0.262 e. The van der Waals surface area contributed by atoms with Crippen LogP contribution in [0.5, 0.6) is 0 Å². The van der Waals surface area contributed by atoms with Gasteiger partial charge in [0.1, 0.15) is 6.04 Å². The third kappa shape index (κ3) is 3.81. The molecule has 0 aromatic heterocycles. The van der Waals surface area contributed by atoms with Gasteiger partial charge in [-0.25, -0.2) is 0 Å². The van der Waals surface area contributed by atoms with E-state index in [0.717, 1.165) is 39.1 Å². The van der Waals surface area contributed by atoms with E-state index >= 15 is 0 Å². The van der Waals surface area contributed by atoms with Crippen LogP contribution >= 0.6 is 0 Å². The first-order valence-electron chi connectivity index (χ1n) is 10.6. The van der Waals surface area contributed by atoms with E-state index in [1.54, 1.807) is 29.2 Å². The van der Waals surface area contributed by atoms with Crippen LogP contribution in [0.3, 0.4) is 0 Å². The maximum absolute atomic E-state index is 13.4. The van der Waals surface area contributed by atoms with Gasteiger partial charge in [0.05, 0.1) is 17.2 Å². The van der Waals surface area contributed by atoms with Crippen molar-refractivity contribution in [1.82, 2.24) is 14.7 Å². The molecule has 0 saturated carbocycles. The highest BCUT2D eigenvalue weighted by Gasteiger charge is 2.45. The number of amides is 3. The number of fused-ring (bicyclic) bond motifs is 1. The first kappa shape index (κ1) is 20.0. The zero-order valence-electron chi connectivity index (χ0n) is 17.2. The summed E-state index contributed by atoms with van der Waals surface area (Å²) in [5.41, 5.74) is 0.773. The zero-order valence-corrected chi connectivity index (χ0v) is 17.2. The molecule has 0 N–H and O–H groups in total. The molecule has 0 bridgehead atoms. The Balaban J connectivity index is 1.44. The second kappa shape index (κ2) is 8.24. The molecule has 1 aromatic carbocycles. The number of hydrogen-bond acceptors (Lipinski definition) is 5. The van der Waals surface area contributed by atoms with Crippen molar-refractivity contribution >= 4 is 17.7 Å². The Hall–Kier alpha value is -2.25. The van der Waals surface area contributed by atoms with Crippen LogP contribution in [0.1, 0.15) is 47.4 Å². The average molecular weight is 399 g/mol. The van der Waals surface area contributed by atoms with Gasteiger partial charge in [0.15, 0.2) is 0 Å². The fourth-order valence-corrected chi connectivity index (χ4v) is 4.57. The molecule has 3 aliphatic rings. The Morgan fingerprint density at radius 1 is 1.07 bits per heavy atom. The van der Waals surface area contributed by atoms with Crippen molar-refractivity contribution in [2.45, 2.75) is 38.8 Å². The first-order chi connectivity index (χ1) is 14.0. The van der Waals surface area contributed by atoms with Crippen molar-refractivity contribution < 1.29 is 19.1 Å². The number of hydrogen-bond donors (Lipinski definition) is 0. The Bertz CT molecular complexity index is 760. The lowest BCUT2D eigenvalue weighted by atomic mass is 10.0. The van der Waals surface area contributed by atoms with Gasteiger partial charge in [0, 0.05) is 39.3 Å². The van der Waals surface area contributed by atoms with Crippen LogP contribution in [0.2, 0.25) is 0 Å². The highest BCUT2D eigenvalue weighted by atomic mass is 16.5. The Kier molecular flexibility index (Phi) is 5.69. The van der Waals surface area contributed by atoms with Crippen LogP contribution in [0.4, 0.5) is 0 Å². The fourth-order valence-electron chi connectivity index (χ4n) is 4.57. The summed E-state index contributed by atoms with van der Waals surface area (Å²) in [6.45, 7) is 8.33. The quantitative estimate of drug-likeness (QED) is 0.704. The molecule has 4 rings (SSSR count). The molecule has 7 heteroatoms. The van der Waals surface area contributed by atoms with E-state index in [9.17, 15) is 14.4 Å². The van der Waals surface area contributed by atoms with Crippen molar-refractivity contribution in [3.05, 3.63) is 35.4 Å². The summed E-state index contributed by atoms with van der Waals surface area (Å²) in [7, 11) is 0. The van der Waals surface area contributed by atoms with Crippen molar-refractivity contribution in [2.24, 2.45) is 5.92 Å². The number of rotatable bonds is 5. The SMILES string of the molecule is CC(C)C(C(=O)N1CCN(CC2CCCO2)CC1)N1C(=O)c2ccccc2C1=O. The topological polar surface area (TPSA) is 70.2 Å². The van der Waals surface area contributed by atoms with Crippen LogP contribution in [-0.4, -0.2) is 83.9 Å². The molecule has 1 aromatic rings. The maximum Gasteiger partial charge on any atom is 0.262 e. The molecule has 29 heavy (non-hydrogen) atoms. The number of benzene rings is 1. The summed E-state index contributed by atoms with van der Waals surface area (Å²) < 4.78 is 5.72. The van der Waals surface area contributed by atoms with Crippen molar-refractivity contribution in [1.29, 1.82) is 0 Å². The van der Waals surface area contributed by atoms with E-state index in [1.165, 1.54) is 4.90 Å². The molecule has 3 heterocycles. The number of ether oxygens (including phenoxy) is 1. The van der Waals surface area contributed by atoms with E-state index in [-0.39, 0.29) is 23.6 Å². The van der Waals surface area contributed by atoms with Gasteiger partial charge in [-0.05, 0) is 30.9 Å². The third-order valence-corrected chi connectivity index (χ3v) is 6.16. The second-order valence-corrected chi connectivity index (χ2v) is 8.48. The van der Waals surface area contributed by atoms with E-state index in [1.807, 2.05) is 13.8 Å². The van der Waals surface area contributed by atoms with Crippen molar-refractivity contribution in [3.63, 3.8) is 0 Å². The number of carbonyl (C=O) groups is 3. The summed E-state index contributed by atoms with van der Waals surface area (Å²) in [6, 6.07) is 6.02. The van der Waals surface area contributed by atoms with E-state index in [2.05, 4.69) is 4.90 Å². The van der Waals surface area contributed by atoms with Gasteiger partial charge in [-0.1, -0.05) is 26.0 Å². The number of nitrogens with zero attached hydrogens (tertiary/aromatic N) is 3. The third-order valence-electron chi connectivity index (χ3n) is 6.16.